The summed E-state index contributed by atoms with van der Waals surface area (Å²) in [6.07, 6.45) is 6.70. The van der Waals surface area contributed by atoms with Crippen LogP contribution in [0.4, 0.5) is 0 Å². The summed E-state index contributed by atoms with van der Waals surface area (Å²) in [5.74, 6) is 0.513. The van der Waals surface area contributed by atoms with E-state index in [0.29, 0.717) is 29.0 Å². The van der Waals surface area contributed by atoms with Crippen LogP contribution in [0.3, 0.4) is 0 Å². The van der Waals surface area contributed by atoms with Crippen molar-refractivity contribution in [3.8, 4) is 39.6 Å². The first-order valence-electron chi connectivity index (χ1n) is 23.5. The summed E-state index contributed by atoms with van der Waals surface area (Å²) >= 11 is 0. The molecular weight excluding hydrogens is 771 g/mol. The van der Waals surface area contributed by atoms with Crippen molar-refractivity contribution < 1.29 is 11.3 Å². The summed E-state index contributed by atoms with van der Waals surface area (Å²) in [6.45, 7) is 0. The van der Waals surface area contributed by atoms with E-state index < -0.39 is 30.2 Å². The minimum Gasteiger partial charge on any atom is -0.455 e. The molecule has 1 aliphatic carbocycles. The highest BCUT2D eigenvalue weighted by atomic mass is 16.3. The van der Waals surface area contributed by atoms with Gasteiger partial charge < -0.3 is 13.6 Å². The molecular formula is C57H37N5O. The number of aromatic nitrogens is 5. The SMILES string of the molecule is [2H]c1c([2H])c([2H])c(-c2nc(C3=CC=C[C@@H](n4c5ccccc5c5ccccc54)C3)nc(-c3cc(-n4c5ccccc5c5ccccc54)cc4c3oc3c(-c5ccccc5)cccc34)n2)c([2H])c1[2H]. The van der Waals surface area contributed by atoms with E-state index in [2.05, 4.69) is 130 Å². The number of fused-ring (bicyclic) bond motifs is 9. The second kappa shape index (κ2) is 14.1. The summed E-state index contributed by atoms with van der Waals surface area (Å²) in [4.78, 5) is 15.4. The number of para-hydroxylation sites is 5. The van der Waals surface area contributed by atoms with Crippen molar-refractivity contribution in [3.05, 3.63) is 212 Å². The van der Waals surface area contributed by atoms with Crippen molar-refractivity contribution in [1.29, 1.82) is 0 Å². The highest BCUT2D eigenvalue weighted by Crippen LogP contribution is 2.43. The molecule has 0 saturated carbocycles. The van der Waals surface area contributed by atoms with E-state index in [0.717, 1.165) is 76.8 Å². The van der Waals surface area contributed by atoms with Gasteiger partial charge in [-0.25, -0.2) is 15.0 Å². The molecule has 1 atom stereocenters. The number of hydrogen-bond donors (Lipinski definition) is 0. The van der Waals surface area contributed by atoms with Gasteiger partial charge in [-0.2, -0.15) is 0 Å². The third-order valence-corrected chi connectivity index (χ3v) is 12.4. The van der Waals surface area contributed by atoms with Crippen LogP contribution < -0.4 is 0 Å². The van der Waals surface area contributed by atoms with E-state index in [9.17, 15) is 0 Å². The lowest BCUT2D eigenvalue weighted by Gasteiger charge is -2.22. The number of allylic oxidation sites excluding steroid dienone is 4. The quantitative estimate of drug-likeness (QED) is 0.168. The van der Waals surface area contributed by atoms with Crippen molar-refractivity contribution in [2.75, 3.05) is 0 Å². The van der Waals surface area contributed by atoms with Crippen LogP contribution in [0.5, 0.6) is 0 Å². The first-order chi connectivity index (χ1) is 33.3. The van der Waals surface area contributed by atoms with Crippen molar-refractivity contribution in [2.24, 2.45) is 0 Å². The van der Waals surface area contributed by atoms with E-state index in [-0.39, 0.29) is 23.3 Å². The molecule has 6 nitrogen and oxygen atoms in total. The van der Waals surface area contributed by atoms with Crippen LogP contribution in [0.25, 0.3) is 111 Å². The van der Waals surface area contributed by atoms with Crippen molar-refractivity contribution in [2.45, 2.75) is 12.5 Å². The normalized spacial score (nSPS) is 15.3. The second-order valence-corrected chi connectivity index (χ2v) is 15.9. The first kappa shape index (κ1) is 30.6. The van der Waals surface area contributed by atoms with Crippen LogP contribution >= 0.6 is 0 Å². The fourth-order valence-electron chi connectivity index (χ4n) is 9.65. The summed E-state index contributed by atoms with van der Waals surface area (Å²) in [7, 11) is 0. The van der Waals surface area contributed by atoms with Crippen LogP contribution in [0.15, 0.2) is 211 Å². The Balaban J connectivity index is 1.09. The van der Waals surface area contributed by atoms with Crippen molar-refractivity contribution in [1.82, 2.24) is 24.1 Å². The molecule has 12 aromatic rings. The Labute approximate surface area is 369 Å². The van der Waals surface area contributed by atoms with Gasteiger partial charge in [0.05, 0.1) is 29.5 Å². The number of furan rings is 1. The summed E-state index contributed by atoms with van der Waals surface area (Å²) in [6, 6.07) is 51.6. The molecule has 63 heavy (non-hydrogen) atoms. The maximum atomic E-state index is 9.11. The van der Waals surface area contributed by atoms with Crippen LogP contribution in [0.1, 0.15) is 25.1 Å². The maximum absolute atomic E-state index is 9.11. The molecule has 0 amide bonds. The number of hydrogen-bond acceptors (Lipinski definition) is 4. The monoisotopic (exact) mass is 812 g/mol. The van der Waals surface area contributed by atoms with Crippen molar-refractivity contribution >= 4 is 71.1 Å². The molecule has 6 heteroatoms. The second-order valence-electron chi connectivity index (χ2n) is 15.9. The van der Waals surface area contributed by atoms with Crippen molar-refractivity contribution in [3.63, 3.8) is 0 Å². The van der Waals surface area contributed by atoms with Gasteiger partial charge in [0.2, 0.25) is 0 Å². The van der Waals surface area contributed by atoms with E-state index in [1.54, 1.807) is 0 Å². The summed E-state index contributed by atoms with van der Waals surface area (Å²) in [5, 5.41) is 6.27. The minimum atomic E-state index is -0.496. The largest absolute Gasteiger partial charge is 0.455 e. The maximum Gasteiger partial charge on any atom is 0.167 e. The number of nitrogens with zero attached hydrogens (tertiary/aromatic N) is 5. The lowest BCUT2D eigenvalue weighted by molar-refractivity contribution is 0.653. The van der Waals surface area contributed by atoms with E-state index >= 15 is 0 Å². The zero-order valence-corrected chi connectivity index (χ0v) is 33.7. The topological polar surface area (TPSA) is 61.7 Å². The van der Waals surface area contributed by atoms with Gasteiger partial charge in [0.1, 0.15) is 11.2 Å². The molecule has 0 radical (unpaired) electrons. The van der Waals surface area contributed by atoms with E-state index in [1.807, 2.05) is 54.6 Å². The van der Waals surface area contributed by atoms with Crippen LogP contribution in [0.2, 0.25) is 0 Å². The van der Waals surface area contributed by atoms with Gasteiger partial charge in [-0.05, 0) is 47.5 Å². The molecule has 8 aromatic carbocycles. The van der Waals surface area contributed by atoms with Gasteiger partial charge in [-0.15, -0.1) is 0 Å². The lowest BCUT2D eigenvalue weighted by Crippen LogP contribution is -2.11. The minimum absolute atomic E-state index is 0.0395. The molecule has 0 spiro atoms. The molecule has 1 aliphatic rings. The Kier molecular flexibility index (Phi) is 6.86. The smallest absolute Gasteiger partial charge is 0.167 e. The average molecular weight is 813 g/mol. The highest BCUT2D eigenvalue weighted by Gasteiger charge is 2.25. The Hall–Kier alpha value is -8.35. The van der Waals surface area contributed by atoms with Gasteiger partial charge in [-0.1, -0.05) is 170 Å². The Morgan fingerprint density at radius 2 is 1.06 bits per heavy atom. The standard InChI is InChI=1S/C57H37N5O/c1-3-17-36(18-4-1)41-27-16-28-46-47-34-40(62-51-31-13-9-25-44(51)45-26-10-14-32-52(45)62)35-48(54(47)63-53(41)46)57-59-55(37-19-5-2-6-20-37)58-56(60-57)38-21-15-22-39(33-38)61-49-29-11-7-23-42(49)43-24-8-12-30-50(43)61/h1-32,34-35,39H,33H2/t39-/m1/s1/i2D,5D,6D,19D,20D. The predicted molar refractivity (Wildman–Crippen MR) is 258 cm³/mol. The molecule has 296 valence electrons. The third-order valence-electron chi connectivity index (χ3n) is 12.4. The zero-order chi connectivity index (χ0) is 45.8. The van der Waals surface area contributed by atoms with Gasteiger partial charge >= 0.3 is 0 Å². The lowest BCUT2D eigenvalue weighted by atomic mass is 9.99. The summed E-state index contributed by atoms with van der Waals surface area (Å²) < 4.78 is 55.6. The van der Waals surface area contributed by atoms with Gasteiger partial charge in [0.15, 0.2) is 17.5 Å². The van der Waals surface area contributed by atoms with Gasteiger partial charge in [0.25, 0.3) is 0 Å². The zero-order valence-electron chi connectivity index (χ0n) is 38.7. The van der Waals surface area contributed by atoms with Crippen LogP contribution in [-0.4, -0.2) is 24.1 Å². The molecule has 0 saturated heterocycles. The third kappa shape index (κ3) is 5.62. The van der Waals surface area contributed by atoms with E-state index in [1.165, 1.54) is 0 Å². The number of rotatable bonds is 6. The Morgan fingerprint density at radius 3 is 1.76 bits per heavy atom. The molecule has 4 aromatic heterocycles. The fraction of sp³-hybridized carbons (Fsp3) is 0.0351. The Bertz CT molecular complexity index is 4010. The highest BCUT2D eigenvalue weighted by molar-refractivity contribution is 6.15. The molecule has 0 N–H and O–H groups in total. The molecule has 0 fully saturated rings. The first-order valence-corrected chi connectivity index (χ1v) is 21.0. The molecule has 13 rings (SSSR count). The van der Waals surface area contributed by atoms with Gasteiger partial charge in [0, 0.05) is 66.6 Å². The molecule has 0 bridgehead atoms. The molecule has 0 unspecified atom stereocenters. The van der Waals surface area contributed by atoms with Gasteiger partial charge in [-0.3, -0.25) is 0 Å². The van der Waals surface area contributed by atoms with E-state index in [4.69, 9.17) is 26.2 Å². The van der Waals surface area contributed by atoms with Crippen LogP contribution in [-0.2, 0) is 0 Å². The fourth-order valence-corrected chi connectivity index (χ4v) is 9.65. The average Bonchev–Trinajstić information content (AvgIpc) is 4.05. The number of benzene rings is 8. The molecule has 4 heterocycles. The summed E-state index contributed by atoms with van der Waals surface area (Å²) in [5.41, 5.74) is 9.48. The predicted octanol–water partition coefficient (Wildman–Crippen LogP) is 14.6. The van der Waals surface area contributed by atoms with Crippen LogP contribution in [0, 0.1) is 0 Å². The molecule has 0 aliphatic heterocycles. The Morgan fingerprint density at radius 1 is 0.492 bits per heavy atom.